The van der Waals surface area contributed by atoms with Crippen LogP contribution in [-0.2, 0) is 21.9 Å². The van der Waals surface area contributed by atoms with E-state index in [4.69, 9.17) is 0 Å². The van der Waals surface area contributed by atoms with Crippen LogP contribution >= 0.6 is 0 Å². The van der Waals surface area contributed by atoms with Gasteiger partial charge in [0.05, 0.1) is 4.90 Å². The summed E-state index contributed by atoms with van der Waals surface area (Å²) in [4.78, 5) is 11.7. The fourth-order valence-corrected chi connectivity index (χ4v) is 3.24. The maximum Gasteiger partial charge on any atom is 0.240 e. The maximum atomic E-state index is 12.3. The fourth-order valence-electron chi connectivity index (χ4n) is 2.20. The Bertz CT molecular complexity index is 826. The van der Waals surface area contributed by atoms with Crippen LogP contribution < -0.4 is 10.0 Å². The van der Waals surface area contributed by atoms with Gasteiger partial charge in [-0.05, 0) is 36.4 Å². The highest BCUT2D eigenvalue weighted by Crippen LogP contribution is 2.16. The Morgan fingerprint density at radius 3 is 2.36 bits per heavy atom. The second-order valence-corrected chi connectivity index (χ2v) is 7.85. The summed E-state index contributed by atoms with van der Waals surface area (Å²) in [7, 11) is -1.98. The van der Waals surface area contributed by atoms with E-state index in [2.05, 4.69) is 10.0 Å². The van der Waals surface area contributed by atoms with Crippen LogP contribution in [0.4, 0.5) is 5.69 Å². The second-order valence-electron chi connectivity index (χ2n) is 6.08. The Morgan fingerprint density at radius 1 is 1.20 bits per heavy atom. The van der Waals surface area contributed by atoms with Crippen LogP contribution in [0.25, 0.3) is 0 Å². The van der Waals surface area contributed by atoms with Crippen LogP contribution in [0.15, 0.2) is 47.5 Å². The molecule has 0 bridgehead atoms. The summed E-state index contributed by atoms with van der Waals surface area (Å²) in [6, 6.07) is 9.38. The van der Waals surface area contributed by atoms with Crippen LogP contribution in [0.3, 0.4) is 0 Å². The third-order valence-corrected chi connectivity index (χ3v) is 5.19. The van der Waals surface area contributed by atoms with E-state index in [9.17, 15) is 18.3 Å². The predicted octanol–water partition coefficient (Wildman–Crippen LogP) is 1.63. The third kappa shape index (κ3) is 4.91. The van der Waals surface area contributed by atoms with Crippen LogP contribution in [-0.4, -0.2) is 30.5 Å². The summed E-state index contributed by atoms with van der Waals surface area (Å²) in [6.45, 7) is 3.41. The van der Waals surface area contributed by atoms with Gasteiger partial charge in [0.15, 0.2) is 0 Å². The lowest BCUT2D eigenvalue weighted by atomic mass is 10.2. The molecule has 1 unspecified atom stereocenters. The molecule has 0 fully saturated rings. The van der Waals surface area contributed by atoms with Crippen LogP contribution in [0.1, 0.15) is 25.6 Å². The van der Waals surface area contributed by atoms with E-state index in [0.29, 0.717) is 11.4 Å². The average Bonchev–Trinajstić information content (AvgIpc) is 2.99. The van der Waals surface area contributed by atoms with Crippen LogP contribution in [0.5, 0.6) is 0 Å². The molecule has 7 nitrogen and oxygen atoms in total. The Hall–Kier alpha value is -2.16. The SMILES string of the molecule is CC(C)C(=O)Nc1ccc(S(=O)(=O)NCC(O)c2cccn2C)cc1. The molecule has 0 aliphatic carbocycles. The second kappa shape index (κ2) is 7.81. The van der Waals surface area contributed by atoms with Gasteiger partial charge in [0, 0.05) is 37.1 Å². The number of carbonyl (C=O) groups is 1. The van der Waals surface area contributed by atoms with E-state index < -0.39 is 16.1 Å². The van der Waals surface area contributed by atoms with Crippen LogP contribution in [0.2, 0.25) is 0 Å². The van der Waals surface area contributed by atoms with Gasteiger partial charge in [0.2, 0.25) is 15.9 Å². The number of rotatable bonds is 7. The Kier molecular flexibility index (Phi) is 5.99. The zero-order valence-corrected chi connectivity index (χ0v) is 15.2. The Balaban J connectivity index is 2.02. The lowest BCUT2D eigenvalue weighted by Crippen LogP contribution is -2.29. The minimum atomic E-state index is -3.75. The molecule has 1 aromatic carbocycles. The Labute approximate surface area is 147 Å². The number of aliphatic hydroxyl groups excluding tert-OH is 1. The standard InChI is InChI=1S/C17H23N3O4S/c1-12(2)17(22)19-13-6-8-14(9-7-13)25(23,24)18-11-16(21)15-5-4-10-20(15)3/h4-10,12,16,18,21H,11H2,1-3H3,(H,19,22). The van der Waals surface area contributed by atoms with Gasteiger partial charge in [-0.2, -0.15) is 0 Å². The number of anilines is 1. The minimum Gasteiger partial charge on any atom is -0.386 e. The number of aryl methyl sites for hydroxylation is 1. The number of aliphatic hydroxyl groups is 1. The number of hydrogen-bond acceptors (Lipinski definition) is 4. The number of nitrogens with one attached hydrogen (secondary N) is 2. The van der Waals surface area contributed by atoms with Gasteiger partial charge in [-0.15, -0.1) is 0 Å². The molecule has 1 heterocycles. The predicted molar refractivity (Wildman–Crippen MR) is 95.5 cm³/mol. The molecule has 1 amide bonds. The first kappa shape index (κ1) is 19.2. The lowest BCUT2D eigenvalue weighted by molar-refractivity contribution is -0.118. The van der Waals surface area contributed by atoms with E-state index in [0.717, 1.165) is 0 Å². The molecular formula is C17H23N3O4S. The molecule has 0 radical (unpaired) electrons. The van der Waals surface area contributed by atoms with E-state index >= 15 is 0 Å². The molecule has 2 rings (SSSR count). The van der Waals surface area contributed by atoms with Crippen molar-refractivity contribution in [3.63, 3.8) is 0 Å². The summed E-state index contributed by atoms with van der Waals surface area (Å²) in [5, 5.41) is 12.8. The third-order valence-electron chi connectivity index (χ3n) is 3.75. The number of sulfonamides is 1. The topological polar surface area (TPSA) is 100 Å². The summed E-state index contributed by atoms with van der Waals surface area (Å²) >= 11 is 0. The largest absolute Gasteiger partial charge is 0.386 e. The number of hydrogen-bond donors (Lipinski definition) is 3. The van der Waals surface area contributed by atoms with E-state index in [-0.39, 0.29) is 23.3 Å². The molecule has 0 aliphatic heterocycles. The molecular weight excluding hydrogens is 342 g/mol. The van der Waals surface area contributed by atoms with Crippen molar-refractivity contribution in [1.82, 2.24) is 9.29 Å². The average molecular weight is 365 g/mol. The summed E-state index contributed by atoms with van der Waals surface area (Å²) in [5.41, 5.74) is 1.15. The first-order valence-electron chi connectivity index (χ1n) is 7.90. The summed E-state index contributed by atoms with van der Waals surface area (Å²) < 4.78 is 28.8. The van der Waals surface area contributed by atoms with Crippen LogP contribution in [0, 0.1) is 5.92 Å². The molecule has 8 heteroatoms. The van der Waals surface area contributed by atoms with Crippen molar-refractivity contribution in [3.8, 4) is 0 Å². The van der Waals surface area contributed by atoms with Gasteiger partial charge in [-0.3, -0.25) is 4.79 Å². The summed E-state index contributed by atoms with van der Waals surface area (Å²) in [6.07, 6.45) is 0.830. The number of nitrogens with zero attached hydrogens (tertiary/aromatic N) is 1. The van der Waals surface area contributed by atoms with E-state index in [1.165, 1.54) is 24.3 Å². The van der Waals surface area contributed by atoms with E-state index in [1.807, 2.05) is 0 Å². The van der Waals surface area contributed by atoms with Crippen molar-refractivity contribution in [1.29, 1.82) is 0 Å². The molecule has 136 valence electrons. The zero-order valence-electron chi connectivity index (χ0n) is 14.4. The van der Waals surface area contributed by atoms with Crippen molar-refractivity contribution in [3.05, 3.63) is 48.3 Å². The van der Waals surface area contributed by atoms with Gasteiger partial charge < -0.3 is 15.0 Å². The molecule has 2 aromatic rings. The smallest absolute Gasteiger partial charge is 0.240 e. The molecule has 0 spiro atoms. The van der Waals surface area contributed by atoms with Crippen molar-refractivity contribution < 1.29 is 18.3 Å². The quantitative estimate of drug-likeness (QED) is 0.694. The molecule has 1 aromatic heterocycles. The highest BCUT2D eigenvalue weighted by atomic mass is 32.2. The normalized spacial score (nSPS) is 13.0. The molecule has 1 atom stereocenters. The van der Waals surface area contributed by atoms with Crippen molar-refractivity contribution >= 4 is 21.6 Å². The molecule has 25 heavy (non-hydrogen) atoms. The number of benzene rings is 1. The van der Waals surface area contributed by atoms with Gasteiger partial charge in [0.1, 0.15) is 6.10 Å². The molecule has 0 aliphatic rings. The minimum absolute atomic E-state index is 0.0640. The maximum absolute atomic E-state index is 12.3. The number of carbonyl (C=O) groups excluding carboxylic acids is 1. The van der Waals surface area contributed by atoms with E-state index in [1.54, 1.807) is 43.8 Å². The first-order chi connectivity index (χ1) is 11.7. The Morgan fingerprint density at radius 2 is 1.84 bits per heavy atom. The summed E-state index contributed by atoms with van der Waals surface area (Å²) in [5.74, 6) is -0.302. The van der Waals surface area contributed by atoms with Crippen molar-refractivity contribution in [2.75, 3.05) is 11.9 Å². The molecule has 3 N–H and O–H groups in total. The molecule has 0 saturated carbocycles. The number of amides is 1. The highest BCUT2D eigenvalue weighted by Gasteiger charge is 2.18. The lowest BCUT2D eigenvalue weighted by Gasteiger charge is -2.14. The zero-order chi connectivity index (χ0) is 18.6. The van der Waals surface area contributed by atoms with Gasteiger partial charge >= 0.3 is 0 Å². The van der Waals surface area contributed by atoms with Gasteiger partial charge in [-0.25, -0.2) is 13.1 Å². The van der Waals surface area contributed by atoms with Crippen molar-refractivity contribution in [2.24, 2.45) is 13.0 Å². The molecule has 0 saturated heterocycles. The first-order valence-corrected chi connectivity index (χ1v) is 9.39. The number of aromatic nitrogens is 1. The monoisotopic (exact) mass is 365 g/mol. The van der Waals surface area contributed by atoms with Gasteiger partial charge in [-0.1, -0.05) is 13.8 Å². The van der Waals surface area contributed by atoms with Crippen molar-refractivity contribution in [2.45, 2.75) is 24.8 Å². The highest BCUT2D eigenvalue weighted by molar-refractivity contribution is 7.89. The van der Waals surface area contributed by atoms with Gasteiger partial charge in [0.25, 0.3) is 0 Å². The fraction of sp³-hybridized carbons (Fsp3) is 0.353.